The number of halogens is 1. The first-order valence-electron chi connectivity index (χ1n) is 6.82. The zero-order chi connectivity index (χ0) is 13.5. The highest BCUT2D eigenvalue weighted by Crippen LogP contribution is 2.27. The zero-order valence-electron chi connectivity index (χ0n) is 12.0. The van der Waals surface area contributed by atoms with Crippen molar-refractivity contribution in [1.82, 2.24) is 5.32 Å². The van der Waals surface area contributed by atoms with E-state index < -0.39 is 0 Å². The Hall–Kier alpha value is -0.540. The van der Waals surface area contributed by atoms with Crippen LogP contribution in [0.1, 0.15) is 33.3 Å². The lowest BCUT2D eigenvalue weighted by atomic mass is 10.1. The summed E-state index contributed by atoms with van der Waals surface area (Å²) in [6, 6.07) is 6.65. The number of benzene rings is 1. The molecule has 0 bridgehead atoms. The summed E-state index contributed by atoms with van der Waals surface area (Å²) in [5, 5.41) is 3.47. The molecule has 0 aromatic heterocycles. The molecule has 3 heteroatoms. The summed E-state index contributed by atoms with van der Waals surface area (Å²) in [6.07, 6.45) is 0. The fourth-order valence-electron chi connectivity index (χ4n) is 1.99. The van der Waals surface area contributed by atoms with Gasteiger partial charge in [-0.2, -0.15) is 0 Å². The van der Waals surface area contributed by atoms with Crippen molar-refractivity contribution in [2.75, 3.05) is 24.5 Å². The van der Waals surface area contributed by atoms with E-state index in [0.29, 0.717) is 5.92 Å². The minimum absolute atomic E-state index is 0.698. The van der Waals surface area contributed by atoms with Crippen LogP contribution in [0, 0.1) is 5.92 Å². The first-order valence-corrected chi connectivity index (χ1v) is 7.61. The van der Waals surface area contributed by atoms with Crippen molar-refractivity contribution >= 4 is 21.6 Å². The predicted molar refractivity (Wildman–Crippen MR) is 84.2 cm³/mol. The number of nitrogens with zero attached hydrogens (tertiary/aromatic N) is 1. The SMILES string of the molecule is CCN(CC)c1ccc(CNCC(C)C)cc1Br. The lowest BCUT2D eigenvalue weighted by Gasteiger charge is -2.23. The predicted octanol–water partition coefficient (Wildman–Crippen LogP) is 4.04. The summed E-state index contributed by atoms with van der Waals surface area (Å²) in [5.41, 5.74) is 2.62. The molecule has 2 nitrogen and oxygen atoms in total. The number of rotatable bonds is 7. The first kappa shape index (κ1) is 15.5. The van der Waals surface area contributed by atoms with Gasteiger partial charge in [0.1, 0.15) is 0 Å². The molecule has 0 unspecified atom stereocenters. The van der Waals surface area contributed by atoms with Crippen LogP contribution in [0.25, 0.3) is 0 Å². The van der Waals surface area contributed by atoms with Crippen molar-refractivity contribution in [3.63, 3.8) is 0 Å². The monoisotopic (exact) mass is 312 g/mol. The summed E-state index contributed by atoms with van der Waals surface area (Å²) in [6.45, 7) is 12.9. The van der Waals surface area contributed by atoms with Gasteiger partial charge in [-0.25, -0.2) is 0 Å². The second-order valence-electron chi connectivity index (χ2n) is 4.98. The van der Waals surface area contributed by atoms with Gasteiger partial charge in [-0.05, 0) is 59.9 Å². The van der Waals surface area contributed by atoms with Gasteiger partial charge in [-0.15, -0.1) is 0 Å². The van der Waals surface area contributed by atoms with Crippen LogP contribution in [0.3, 0.4) is 0 Å². The third-order valence-corrected chi connectivity index (χ3v) is 3.63. The van der Waals surface area contributed by atoms with E-state index in [0.717, 1.165) is 26.2 Å². The van der Waals surface area contributed by atoms with Crippen LogP contribution in [0.2, 0.25) is 0 Å². The number of nitrogens with one attached hydrogen (secondary N) is 1. The molecule has 0 radical (unpaired) electrons. The Morgan fingerprint density at radius 1 is 1.22 bits per heavy atom. The van der Waals surface area contributed by atoms with Gasteiger partial charge in [-0.3, -0.25) is 0 Å². The van der Waals surface area contributed by atoms with E-state index in [2.05, 4.69) is 72.0 Å². The number of anilines is 1. The lowest BCUT2D eigenvalue weighted by Crippen LogP contribution is -2.22. The molecule has 1 aromatic carbocycles. The second-order valence-corrected chi connectivity index (χ2v) is 5.84. The van der Waals surface area contributed by atoms with Crippen molar-refractivity contribution in [2.45, 2.75) is 34.2 Å². The molecular weight excluding hydrogens is 288 g/mol. The van der Waals surface area contributed by atoms with Crippen molar-refractivity contribution < 1.29 is 0 Å². The molecule has 0 heterocycles. The molecule has 0 saturated carbocycles. The normalized spacial score (nSPS) is 11.0. The molecule has 1 aromatic rings. The maximum Gasteiger partial charge on any atom is 0.0510 e. The number of hydrogen-bond donors (Lipinski definition) is 1. The Bertz CT molecular complexity index is 360. The molecule has 0 aliphatic heterocycles. The minimum atomic E-state index is 0.698. The van der Waals surface area contributed by atoms with Gasteiger partial charge < -0.3 is 10.2 Å². The third kappa shape index (κ3) is 4.62. The van der Waals surface area contributed by atoms with Crippen LogP contribution in [0.4, 0.5) is 5.69 Å². The van der Waals surface area contributed by atoms with Crippen LogP contribution in [0.15, 0.2) is 22.7 Å². The Labute approximate surface area is 120 Å². The van der Waals surface area contributed by atoms with Crippen molar-refractivity contribution in [3.05, 3.63) is 28.2 Å². The number of hydrogen-bond acceptors (Lipinski definition) is 2. The largest absolute Gasteiger partial charge is 0.371 e. The summed E-state index contributed by atoms with van der Waals surface area (Å²) in [5.74, 6) is 0.698. The van der Waals surface area contributed by atoms with Crippen LogP contribution < -0.4 is 10.2 Å². The zero-order valence-corrected chi connectivity index (χ0v) is 13.5. The van der Waals surface area contributed by atoms with E-state index in [-0.39, 0.29) is 0 Å². The first-order chi connectivity index (χ1) is 8.58. The highest BCUT2D eigenvalue weighted by molar-refractivity contribution is 9.10. The molecule has 102 valence electrons. The standard InChI is InChI=1S/C15H25BrN2/c1-5-18(6-2)15-8-7-13(9-14(15)16)11-17-10-12(3)4/h7-9,12,17H,5-6,10-11H2,1-4H3. The minimum Gasteiger partial charge on any atom is -0.371 e. The van der Waals surface area contributed by atoms with Crippen LogP contribution in [-0.4, -0.2) is 19.6 Å². The second kappa shape index (κ2) is 7.80. The van der Waals surface area contributed by atoms with Gasteiger partial charge in [-0.1, -0.05) is 19.9 Å². The molecule has 1 rings (SSSR count). The van der Waals surface area contributed by atoms with Crippen molar-refractivity contribution in [3.8, 4) is 0 Å². The smallest absolute Gasteiger partial charge is 0.0510 e. The third-order valence-electron chi connectivity index (χ3n) is 3.00. The van der Waals surface area contributed by atoms with Crippen LogP contribution >= 0.6 is 15.9 Å². The van der Waals surface area contributed by atoms with Gasteiger partial charge >= 0.3 is 0 Å². The molecule has 0 fully saturated rings. The van der Waals surface area contributed by atoms with E-state index >= 15 is 0 Å². The van der Waals surface area contributed by atoms with Gasteiger partial charge in [0.05, 0.1) is 5.69 Å². The highest BCUT2D eigenvalue weighted by atomic mass is 79.9. The van der Waals surface area contributed by atoms with Crippen LogP contribution in [-0.2, 0) is 6.54 Å². The van der Waals surface area contributed by atoms with Crippen molar-refractivity contribution in [2.24, 2.45) is 5.92 Å². The molecule has 0 aliphatic carbocycles. The fourth-order valence-corrected chi connectivity index (χ4v) is 2.66. The molecule has 0 saturated heterocycles. The molecular formula is C15H25BrN2. The van der Waals surface area contributed by atoms with Crippen LogP contribution in [0.5, 0.6) is 0 Å². The van der Waals surface area contributed by atoms with E-state index in [9.17, 15) is 0 Å². The van der Waals surface area contributed by atoms with Gasteiger partial charge in [0.15, 0.2) is 0 Å². The average molecular weight is 313 g/mol. The summed E-state index contributed by atoms with van der Waals surface area (Å²) >= 11 is 3.68. The quantitative estimate of drug-likeness (QED) is 0.817. The fraction of sp³-hybridized carbons (Fsp3) is 0.600. The van der Waals surface area contributed by atoms with E-state index in [4.69, 9.17) is 0 Å². The highest BCUT2D eigenvalue weighted by Gasteiger charge is 2.07. The molecule has 0 amide bonds. The van der Waals surface area contributed by atoms with Crippen molar-refractivity contribution in [1.29, 1.82) is 0 Å². The maximum atomic E-state index is 3.68. The van der Waals surface area contributed by atoms with E-state index in [1.54, 1.807) is 0 Å². The Balaban J connectivity index is 2.67. The summed E-state index contributed by atoms with van der Waals surface area (Å²) in [4.78, 5) is 2.36. The molecule has 0 atom stereocenters. The van der Waals surface area contributed by atoms with Gasteiger partial charge in [0.2, 0.25) is 0 Å². The van der Waals surface area contributed by atoms with E-state index in [1.165, 1.54) is 15.7 Å². The molecule has 18 heavy (non-hydrogen) atoms. The Morgan fingerprint density at radius 3 is 2.39 bits per heavy atom. The molecule has 0 spiro atoms. The summed E-state index contributed by atoms with van der Waals surface area (Å²) < 4.78 is 1.19. The van der Waals surface area contributed by atoms with Gasteiger partial charge in [0, 0.05) is 24.1 Å². The Morgan fingerprint density at radius 2 is 1.89 bits per heavy atom. The Kier molecular flexibility index (Phi) is 6.72. The topological polar surface area (TPSA) is 15.3 Å². The molecule has 1 N–H and O–H groups in total. The molecule has 0 aliphatic rings. The average Bonchev–Trinajstić information content (AvgIpc) is 2.32. The van der Waals surface area contributed by atoms with E-state index in [1.807, 2.05) is 0 Å². The summed E-state index contributed by atoms with van der Waals surface area (Å²) in [7, 11) is 0. The maximum absolute atomic E-state index is 3.68. The van der Waals surface area contributed by atoms with Gasteiger partial charge in [0.25, 0.3) is 0 Å². The lowest BCUT2D eigenvalue weighted by molar-refractivity contribution is 0.552.